The fourth-order valence-corrected chi connectivity index (χ4v) is 3.68. The topological polar surface area (TPSA) is 70.9 Å². The summed E-state index contributed by atoms with van der Waals surface area (Å²) >= 11 is 0. The Hall–Kier alpha value is -3.61. The lowest BCUT2D eigenvalue weighted by Crippen LogP contribution is -2.47. The Kier molecular flexibility index (Phi) is 4.48. The van der Waals surface area contributed by atoms with Crippen molar-refractivity contribution in [3.8, 4) is 11.3 Å². The highest BCUT2D eigenvalue weighted by molar-refractivity contribution is 5.76. The molecular weight excluding hydrogens is 362 g/mol. The summed E-state index contributed by atoms with van der Waals surface area (Å²) < 4.78 is 0. The summed E-state index contributed by atoms with van der Waals surface area (Å²) in [4.78, 5) is 27.5. The molecule has 29 heavy (non-hydrogen) atoms. The Balaban J connectivity index is 1.34. The van der Waals surface area contributed by atoms with Crippen molar-refractivity contribution in [3.63, 3.8) is 0 Å². The lowest BCUT2D eigenvalue weighted by molar-refractivity contribution is 0.633. The molecule has 5 rings (SSSR count). The number of benzene rings is 1. The molecule has 4 heterocycles. The van der Waals surface area contributed by atoms with Gasteiger partial charge in [-0.15, -0.1) is 0 Å². The van der Waals surface area contributed by atoms with E-state index in [0.717, 1.165) is 65.9 Å². The number of hydrogen-bond acceptors (Lipinski definition) is 7. The summed E-state index contributed by atoms with van der Waals surface area (Å²) in [6, 6.07) is 13.9. The van der Waals surface area contributed by atoms with Crippen LogP contribution >= 0.6 is 0 Å². The molecule has 1 aliphatic rings. The van der Waals surface area contributed by atoms with E-state index in [1.54, 1.807) is 12.4 Å². The molecule has 0 amide bonds. The lowest BCUT2D eigenvalue weighted by Gasteiger charge is -2.35. The fraction of sp³-hybridized carbons (Fsp3) is 0.227. The predicted molar refractivity (Wildman–Crippen MR) is 114 cm³/mol. The zero-order chi connectivity index (χ0) is 19.6. The first-order chi connectivity index (χ1) is 14.3. The molecule has 0 saturated carbocycles. The van der Waals surface area contributed by atoms with Gasteiger partial charge in [0, 0.05) is 50.3 Å². The first kappa shape index (κ1) is 17.5. The zero-order valence-corrected chi connectivity index (χ0v) is 16.2. The normalized spacial score (nSPS) is 14.4. The van der Waals surface area contributed by atoms with Crippen molar-refractivity contribution in [3.05, 3.63) is 66.7 Å². The van der Waals surface area contributed by atoms with Crippen LogP contribution in [0.2, 0.25) is 0 Å². The van der Waals surface area contributed by atoms with Crippen LogP contribution in [0.15, 0.2) is 61.1 Å². The standard InChI is InChI=1S/C22H21N7/c1-16-21(26-20-5-3-2-4-19(20)25-16)28-12-14-29(15-13-28)22-24-11-8-18(27-22)17-6-9-23-10-7-17/h2-11H,12-15H2,1H3. The Labute approximate surface area is 169 Å². The molecule has 7 heteroatoms. The van der Waals surface area contributed by atoms with Gasteiger partial charge < -0.3 is 9.80 Å². The van der Waals surface area contributed by atoms with Crippen molar-refractivity contribution in [2.24, 2.45) is 0 Å². The molecule has 0 atom stereocenters. The van der Waals surface area contributed by atoms with Crippen LogP contribution in [-0.4, -0.2) is 51.1 Å². The monoisotopic (exact) mass is 383 g/mol. The molecule has 0 radical (unpaired) electrons. The highest BCUT2D eigenvalue weighted by Gasteiger charge is 2.22. The number of aryl methyl sites for hydroxylation is 1. The second-order valence-electron chi connectivity index (χ2n) is 7.07. The van der Waals surface area contributed by atoms with Gasteiger partial charge in [0.1, 0.15) is 0 Å². The lowest BCUT2D eigenvalue weighted by atomic mass is 10.2. The van der Waals surface area contributed by atoms with Crippen LogP contribution in [-0.2, 0) is 0 Å². The number of hydrogen-bond donors (Lipinski definition) is 0. The number of para-hydroxylation sites is 2. The highest BCUT2D eigenvalue weighted by Crippen LogP contribution is 2.23. The largest absolute Gasteiger partial charge is 0.352 e. The number of pyridine rings is 1. The smallest absolute Gasteiger partial charge is 0.225 e. The van der Waals surface area contributed by atoms with Crippen LogP contribution in [0.4, 0.5) is 11.8 Å². The van der Waals surface area contributed by atoms with Gasteiger partial charge in [-0.05, 0) is 37.3 Å². The quantitative estimate of drug-likeness (QED) is 0.538. The molecule has 1 aromatic carbocycles. The summed E-state index contributed by atoms with van der Waals surface area (Å²) in [5.41, 5.74) is 4.80. The van der Waals surface area contributed by atoms with Gasteiger partial charge in [0.2, 0.25) is 5.95 Å². The molecule has 0 unspecified atom stereocenters. The molecule has 0 spiro atoms. The van der Waals surface area contributed by atoms with Gasteiger partial charge in [-0.25, -0.2) is 19.9 Å². The van der Waals surface area contributed by atoms with E-state index in [9.17, 15) is 0 Å². The van der Waals surface area contributed by atoms with E-state index < -0.39 is 0 Å². The molecule has 0 bridgehead atoms. The number of nitrogens with zero attached hydrogens (tertiary/aromatic N) is 7. The van der Waals surface area contributed by atoms with E-state index in [-0.39, 0.29) is 0 Å². The molecule has 4 aromatic rings. The number of piperazine rings is 1. The minimum absolute atomic E-state index is 0.764. The maximum Gasteiger partial charge on any atom is 0.225 e. The maximum absolute atomic E-state index is 4.86. The van der Waals surface area contributed by atoms with Gasteiger partial charge >= 0.3 is 0 Å². The van der Waals surface area contributed by atoms with Gasteiger partial charge in [0.25, 0.3) is 0 Å². The van der Waals surface area contributed by atoms with E-state index in [1.165, 1.54) is 0 Å². The summed E-state index contributed by atoms with van der Waals surface area (Å²) in [5.74, 6) is 1.73. The van der Waals surface area contributed by atoms with E-state index in [2.05, 4.69) is 19.8 Å². The molecular formula is C22H21N7. The van der Waals surface area contributed by atoms with Crippen molar-refractivity contribution in [2.45, 2.75) is 6.92 Å². The first-order valence-corrected chi connectivity index (χ1v) is 9.75. The highest BCUT2D eigenvalue weighted by atomic mass is 15.3. The van der Waals surface area contributed by atoms with Crippen LogP contribution < -0.4 is 9.80 Å². The van der Waals surface area contributed by atoms with E-state index in [0.29, 0.717) is 0 Å². The van der Waals surface area contributed by atoms with Crippen LogP contribution in [0, 0.1) is 6.92 Å². The van der Waals surface area contributed by atoms with Crippen molar-refractivity contribution < 1.29 is 0 Å². The van der Waals surface area contributed by atoms with Gasteiger partial charge in [-0.2, -0.15) is 0 Å². The molecule has 144 valence electrons. The number of fused-ring (bicyclic) bond motifs is 1. The Morgan fingerprint density at radius 3 is 2.17 bits per heavy atom. The van der Waals surface area contributed by atoms with Crippen LogP contribution in [0.25, 0.3) is 22.3 Å². The summed E-state index contributed by atoms with van der Waals surface area (Å²) in [6.07, 6.45) is 5.38. The zero-order valence-electron chi connectivity index (χ0n) is 16.2. The minimum atomic E-state index is 0.764. The second kappa shape index (κ2) is 7.43. The van der Waals surface area contributed by atoms with Crippen LogP contribution in [0.1, 0.15) is 5.69 Å². The average molecular weight is 383 g/mol. The summed E-state index contributed by atoms with van der Waals surface area (Å²) in [6.45, 7) is 5.43. The molecule has 1 fully saturated rings. The third-order valence-electron chi connectivity index (χ3n) is 5.20. The van der Waals surface area contributed by atoms with Gasteiger partial charge in [-0.3, -0.25) is 4.98 Å². The van der Waals surface area contributed by atoms with Crippen molar-refractivity contribution in [1.29, 1.82) is 0 Å². The summed E-state index contributed by atoms with van der Waals surface area (Å²) in [7, 11) is 0. The first-order valence-electron chi connectivity index (χ1n) is 9.75. The third kappa shape index (κ3) is 3.47. The third-order valence-corrected chi connectivity index (χ3v) is 5.20. The molecule has 3 aromatic heterocycles. The predicted octanol–water partition coefficient (Wildman–Crippen LogP) is 3.12. The van der Waals surface area contributed by atoms with E-state index >= 15 is 0 Å². The van der Waals surface area contributed by atoms with Crippen LogP contribution in [0.3, 0.4) is 0 Å². The molecule has 0 N–H and O–H groups in total. The number of anilines is 2. The second-order valence-corrected chi connectivity index (χ2v) is 7.07. The minimum Gasteiger partial charge on any atom is -0.352 e. The van der Waals surface area contributed by atoms with E-state index in [4.69, 9.17) is 15.0 Å². The molecule has 1 aliphatic heterocycles. The fourth-order valence-electron chi connectivity index (χ4n) is 3.68. The van der Waals surface area contributed by atoms with Gasteiger partial charge in [-0.1, -0.05) is 12.1 Å². The number of aromatic nitrogens is 5. The Morgan fingerprint density at radius 2 is 1.41 bits per heavy atom. The molecule has 7 nitrogen and oxygen atoms in total. The average Bonchev–Trinajstić information content (AvgIpc) is 2.79. The van der Waals surface area contributed by atoms with Crippen LogP contribution in [0.5, 0.6) is 0 Å². The van der Waals surface area contributed by atoms with E-state index in [1.807, 2.05) is 55.6 Å². The van der Waals surface area contributed by atoms with Crippen molar-refractivity contribution >= 4 is 22.8 Å². The van der Waals surface area contributed by atoms with Gasteiger partial charge in [0.05, 0.1) is 22.4 Å². The van der Waals surface area contributed by atoms with Crippen molar-refractivity contribution in [2.75, 3.05) is 36.0 Å². The molecule has 1 saturated heterocycles. The SMILES string of the molecule is Cc1nc2ccccc2nc1N1CCN(c2nccc(-c3ccncc3)n2)CC1. The number of rotatable bonds is 3. The Morgan fingerprint density at radius 1 is 0.724 bits per heavy atom. The van der Waals surface area contributed by atoms with Gasteiger partial charge in [0.15, 0.2) is 5.82 Å². The van der Waals surface area contributed by atoms with Crippen molar-refractivity contribution in [1.82, 2.24) is 24.9 Å². The Bertz CT molecular complexity index is 1140. The maximum atomic E-state index is 4.86. The molecule has 0 aliphatic carbocycles. The summed E-state index contributed by atoms with van der Waals surface area (Å²) in [5, 5.41) is 0.